The topological polar surface area (TPSA) is 0 Å². The van der Waals surface area contributed by atoms with Crippen molar-refractivity contribution in [3.8, 4) is 0 Å². The minimum absolute atomic E-state index is 0.500. The summed E-state index contributed by atoms with van der Waals surface area (Å²) >= 11 is 0. The first-order chi connectivity index (χ1) is 13.2. The van der Waals surface area contributed by atoms with Crippen LogP contribution >= 0.6 is 0 Å². The lowest BCUT2D eigenvalue weighted by Gasteiger charge is -2.14. The van der Waals surface area contributed by atoms with Crippen LogP contribution < -0.4 is 0 Å². The van der Waals surface area contributed by atoms with Crippen LogP contribution in [0.1, 0.15) is 51.7 Å². The quantitative estimate of drug-likeness (QED) is 0.467. The summed E-state index contributed by atoms with van der Waals surface area (Å²) in [5.74, 6) is 0.562. The van der Waals surface area contributed by atoms with E-state index in [4.69, 9.17) is 0 Å². The maximum atomic E-state index is 9.50. The molecule has 27 heavy (non-hydrogen) atoms. The number of allylic oxidation sites excluding steroid dienone is 9. The van der Waals surface area contributed by atoms with Gasteiger partial charge in [-0.3, -0.25) is 4.39 Å². The molecule has 1 heteroatoms. The number of benzene rings is 1. The summed E-state index contributed by atoms with van der Waals surface area (Å²) < 4.78 is 9.50. The molecule has 2 aliphatic rings. The molecule has 0 amide bonds. The maximum absolute atomic E-state index is 9.50. The van der Waals surface area contributed by atoms with Crippen molar-refractivity contribution in [1.29, 1.82) is 0 Å². The second-order valence-corrected chi connectivity index (χ2v) is 6.50. The average molecular weight is 365 g/mol. The molecule has 2 aliphatic carbocycles. The molecular formula is C26H33F. The molecule has 144 valence electrons. The molecule has 0 spiro atoms. The van der Waals surface area contributed by atoms with Crippen LogP contribution in [0.15, 0.2) is 83.7 Å². The highest BCUT2D eigenvalue weighted by Crippen LogP contribution is 2.32. The molecule has 0 aromatic heterocycles. The van der Waals surface area contributed by atoms with E-state index in [2.05, 4.69) is 80.8 Å². The van der Waals surface area contributed by atoms with E-state index in [0.717, 1.165) is 24.8 Å². The summed E-state index contributed by atoms with van der Waals surface area (Å²) in [6.45, 7) is 12.4. The maximum Gasteiger partial charge on any atom is 0.0785 e. The lowest BCUT2D eigenvalue weighted by Crippen LogP contribution is -2.02. The second-order valence-electron chi connectivity index (χ2n) is 6.50. The fourth-order valence-electron chi connectivity index (χ4n) is 3.42. The highest BCUT2D eigenvalue weighted by atomic mass is 19.1. The van der Waals surface area contributed by atoms with Crippen LogP contribution in [0.2, 0.25) is 0 Å². The van der Waals surface area contributed by atoms with Crippen LogP contribution in [-0.4, -0.2) is 7.18 Å². The minimum Gasteiger partial charge on any atom is -0.255 e. The Kier molecular flexibility index (Phi) is 10.2. The second kappa shape index (κ2) is 12.1. The lowest BCUT2D eigenvalue weighted by atomic mass is 9.91. The Hall–Kier alpha value is -2.37. The summed E-state index contributed by atoms with van der Waals surface area (Å²) in [5.41, 5.74) is 11.0. The zero-order chi connectivity index (χ0) is 20.2. The number of halogens is 1. The first-order valence-corrected chi connectivity index (χ1v) is 9.79. The molecule has 0 saturated heterocycles. The largest absolute Gasteiger partial charge is 0.255 e. The summed E-state index contributed by atoms with van der Waals surface area (Å²) in [5, 5.41) is 0. The highest BCUT2D eigenvalue weighted by Gasteiger charge is 2.14. The van der Waals surface area contributed by atoms with Gasteiger partial charge in [0.1, 0.15) is 0 Å². The number of hydrogen-bond donors (Lipinski definition) is 0. The molecule has 0 nitrogen and oxygen atoms in total. The monoisotopic (exact) mass is 364 g/mol. The van der Waals surface area contributed by atoms with Crippen molar-refractivity contribution < 1.29 is 4.39 Å². The summed E-state index contributed by atoms with van der Waals surface area (Å²) in [6.07, 6.45) is 14.5. The predicted molar refractivity (Wildman–Crippen MR) is 119 cm³/mol. The lowest BCUT2D eigenvalue weighted by molar-refractivity contribution is 0.636. The molecule has 1 aromatic carbocycles. The van der Waals surface area contributed by atoms with Gasteiger partial charge in [0.05, 0.1) is 7.18 Å². The van der Waals surface area contributed by atoms with Gasteiger partial charge in [-0.05, 0) is 54.4 Å². The van der Waals surface area contributed by atoms with Crippen molar-refractivity contribution in [2.24, 2.45) is 5.92 Å². The Morgan fingerprint density at radius 1 is 1.19 bits per heavy atom. The number of alkyl halides is 1. The average Bonchev–Trinajstić information content (AvgIpc) is 3.39. The summed E-state index contributed by atoms with van der Waals surface area (Å²) in [6, 6.07) is 8.85. The van der Waals surface area contributed by atoms with Gasteiger partial charge in [-0.25, -0.2) is 0 Å². The highest BCUT2D eigenvalue weighted by molar-refractivity contribution is 5.83. The third-order valence-electron chi connectivity index (χ3n) is 4.74. The smallest absolute Gasteiger partial charge is 0.0785 e. The molecule has 1 aromatic rings. The Morgan fingerprint density at radius 2 is 1.93 bits per heavy atom. The Bertz CT molecular complexity index is 780. The molecule has 0 heterocycles. The first kappa shape index (κ1) is 22.7. The number of hydrogen-bond acceptors (Lipinski definition) is 0. The van der Waals surface area contributed by atoms with E-state index >= 15 is 0 Å². The Labute approximate surface area is 165 Å². The summed E-state index contributed by atoms with van der Waals surface area (Å²) in [7, 11) is 0.500. The molecule has 0 fully saturated rings. The predicted octanol–water partition coefficient (Wildman–Crippen LogP) is 7.81. The molecule has 0 bridgehead atoms. The van der Waals surface area contributed by atoms with Crippen LogP contribution in [0.3, 0.4) is 0 Å². The molecule has 0 radical (unpaired) electrons. The molecule has 0 aliphatic heterocycles. The van der Waals surface area contributed by atoms with E-state index in [-0.39, 0.29) is 0 Å². The van der Waals surface area contributed by atoms with Gasteiger partial charge >= 0.3 is 0 Å². The van der Waals surface area contributed by atoms with Gasteiger partial charge in [-0.2, -0.15) is 0 Å². The molecule has 0 N–H and O–H groups in total. The van der Waals surface area contributed by atoms with Gasteiger partial charge in [0.25, 0.3) is 0 Å². The van der Waals surface area contributed by atoms with E-state index in [1.165, 1.54) is 27.8 Å². The summed E-state index contributed by atoms with van der Waals surface area (Å²) in [4.78, 5) is 0. The Morgan fingerprint density at radius 3 is 2.48 bits per heavy atom. The third-order valence-corrected chi connectivity index (χ3v) is 4.74. The molecule has 0 saturated carbocycles. The fourth-order valence-corrected chi connectivity index (χ4v) is 3.42. The van der Waals surface area contributed by atoms with Crippen molar-refractivity contribution >= 4 is 5.57 Å². The van der Waals surface area contributed by atoms with Gasteiger partial charge in [-0.1, -0.05) is 87.6 Å². The fraction of sp³-hybridized carbons (Fsp3) is 0.346. The van der Waals surface area contributed by atoms with Crippen molar-refractivity contribution in [2.75, 3.05) is 7.18 Å². The van der Waals surface area contributed by atoms with Gasteiger partial charge < -0.3 is 0 Å². The molecule has 3 rings (SSSR count). The van der Waals surface area contributed by atoms with Crippen LogP contribution in [-0.2, 0) is 6.42 Å². The standard InChI is InChI=1S/C23H24.C2H6.CH3F/c1-4-22(23-14-7-9-17(23)2)21-13-8-10-19(16-21)15-18(3)20-11-5-6-12-20;2*1-2/h5,7-8,10-14,16,18H,1,6,9,15H2,2-3H3;1-2H3;1H3. The zero-order valence-corrected chi connectivity index (χ0v) is 17.5. The van der Waals surface area contributed by atoms with Gasteiger partial charge in [0.15, 0.2) is 0 Å². The first-order valence-electron chi connectivity index (χ1n) is 9.79. The van der Waals surface area contributed by atoms with E-state index < -0.39 is 0 Å². The van der Waals surface area contributed by atoms with Crippen molar-refractivity contribution in [3.05, 3.63) is 94.8 Å². The molecule has 1 unspecified atom stereocenters. The van der Waals surface area contributed by atoms with Crippen molar-refractivity contribution in [2.45, 2.75) is 47.0 Å². The van der Waals surface area contributed by atoms with Crippen LogP contribution in [0.4, 0.5) is 4.39 Å². The van der Waals surface area contributed by atoms with Gasteiger partial charge in [0, 0.05) is 5.57 Å². The Balaban J connectivity index is 0.000000855. The van der Waals surface area contributed by atoms with Crippen molar-refractivity contribution in [3.63, 3.8) is 0 Å². The van der Waals surface area contributed by atoms with E-state index in [0.29, 0.717) is 13.1 Å². The normalized spacial score (nSPS) is 15.3. The van der Waals surface area contributed by atoms with Crippen LogP contribution in [0.25, 0.3) is 5.57 Å². The van der Waals surface area contributed by atoms with Gasteiger partial charge in [-0.15, -0.1) is 5.73 Å². The number of rotatable bonds is 5. The molecular weight excluding hydrogens is 331 g/mol. The van der Waals surface area contributed by atoms with Crippen LogP contribution in [0, 0.1) is 5.92 Å². The van der Waals surface area contributed by atoms with Gasteiger partial charge in [0.2, 0.25) is 0 Å². The SMILES string of the molecule is C=C=C(C1=C(C)CC=C1)c1cccc(CC(C)C2=CCC=C2)c1.CC.CF. The van der Waals surface area contributed by atoms with Crippen LogP contribution in [0.5, 0.6) is 0 Å². The third kappa shape index (κ3) is 6.08. The molecule has 1 atom stereocenters. The minimum atomic E-state index is 0.500. The van der Waals surface area contributed by atoms with E-state index in [1.54, 1.807) is 0 Å². The van der Waals surface area contributed by atoms with E-state index in [9.17, 15) is 4.39 Å². The van der Waals surface area contributed by atoms with E-state index in [1.807, 2.05) is 13.8 Å². The van der Waals surface area contributed by atoms with Crippen molar-refractivity contribution in [1.82, 2.24) is 0 Å². The zero-order valence-electron chi connectivity index (χ0n) is 17.5.